The summed E-state index contributed by atoms with van der Waals surface area (Å²) in [5, 5.41) is 3.42. The van der Waals surface area contributed by atoms with Crippen LogP contribution in [-0.2, 0) is 6.54 Å². The van der Waals surface area contributed by atoms with E-state index >= 15 is 0 Å². The molecule has 1 aliphatic rings. The minimum absolute atomic E-state index is 0.150. The number of benzene rings is 2. The van der Waals surface area contributed by atoms with Gasteiger partial charge in [-0.3, -0.25) is 0 Å². The van der Waals surface area contributed by atoms with Crippen LogP contribution in [0.1, 0.15) is 12.0 Å². The number of para-hydroxylation sites is 2. The third kappa shape index (κ3) is 2.80. The first-order chi connectivity index (χ1) is 9.74. The molecule has 1 aliphatic heterocycles. The van der Waals surface area contributed by atoms with Gasteiger partial charge in [-0.15, -0.1) is 0 Å². The van der Waals surface area contributed by atoms with Crippen molar-refractivity contribution in [2.24, 2.45) is 0 Å². The van der Waals surface area contributed by atoms with Gasteiger partial charge in [0.25, 0.3) is 0 Å². The van der Waals surface area contributed by atoms with E-state index in [2.05, 4.69) is 38.3 Å². The molecule has 0 aromatic heterocycles. The Balaban J connectivity index is 1.92. The molecule has 4 heteroatoms. The lowest BCUT2D eigenvalue weighted by molar-refractivity contribution is 0.603. The van der Waals surface area contributed by atoms with E-state index in [0.717, 1.165) is 40.9 Å². The van der Waals surface area contributed by atoms with Crippen molar-refractivity contribution in [3.05, 3.63) is 58.3 Å². The van der Waals surface area contributed by atoms with Crippen LogP contribution < -0.4 is 10.2 Å². The molecule has 0 radical (unpaired) electrons. The molecule has 104 valence electrons. The number of rotatable bonds is 2. The average Bonchev–Trinajstić information content (AvgIpc) is 2.66. The smallest absolute Gasteiger partial charge is 0.128 e. The highest BCUT2D eigenvalue weighted by Crippen LogP contribution is 2.30. The monoisotopic (exact) mass is 334 g/mol. The van der Waals surface area contributed by atoms with Gasteiger partial charge < -0.3 is 10.2 Å². The maximum Gasteiger partial charge on any atom is 0.128 e. The molecule has 0 saturated heterocycles. The van der Waals surface area contributed by atoms with Crippen molar-refractivity contribution in [3.8, 4) is 0 Å². The summed E-state index contributed by atoms with van der Waals surface area (Å²) in [5.74, 6) is -0.150. The van der Waals surface area contributed by atoms with Crippen LogP contribution in [0, 0.1) is 5.82 Å². The van der Waals surface area contributed by atoms with Crippen LogP contribution >= 0.6 is 15.9 Å². The van der Waals surface area contributed by atoms with Crippen LogP contribution in [0.5, 0.6) is 0 Å². The van der Waals surface area contributed by atoms with Gasteiger partial charge in [-0.05, 0) is 36.8 Å². The molecular weight excluding hydrogens is 319 g/mol. The highest BCUT2D eigenvalue weighted by atomic mass is 79.9. The van der Waals surface area contributed by atoms with Gasteiger partial charge in [0, 0.05) is 29.7 Å². The standard InChI is InChI=1S/C16H16BrFN2/c17-13-6-7-14(18)12(10-13)11-20-9-3-8-19-15-4-1-2-5-16(15)20/h1-2,4-7,10,19H,3,8-9,11H2. The van der Waals surface area contributed by atoms with Gasteiger partial charge in [-0.25, -0.2) is 4.39 Å². The van der Waals surface area contributed by atoms with Crippen LogP contribution in [0.25, 0.3) is 0 Å². The first kappa shape index (κ1) is 13.4. The number of anilines is 2. The summed E-state index contributed by atoms with van der Waals surface area (Å²) in [7, 11) is 0. The predicted octanol–water partition coefficient (Wildman–Crippen LogP) is 4.41. The molecule has 0 saturated carbocycles. The second-order valence-corrected chi connectivity index (χ2v) is 5.87. The molecule has 0 unspecified atom stereocenters. The van der Waals surface area contributed by atoms with Crippen LogP contribution in [0.2, 0.25) is 0 Å². The molecule has 2 nitrogen and oxygen atoms in total. The minimum Gasteiger partial charge on any atom is -0.383 e. The lowest BCUT2D eigenvalue weighted by Crippen LogP contribution is -2.23. The number of nitrogens with zero attached hydrogens (tertiary/aromatic N) is 1. The van der Waals surface area contributed by atoms with E-state index in [1.807, 2.05) is 18.2 Å². The molecule has 0 spiro atoms. The lowest BCUT2D eigenvalue weighted by Gasteiger charge is -2.24. The molecule has 1 heterocycles. The molecule has 0 amide bonds. The highest BCUT2D eigenvalue weighted by molar-refractivity contribution is 9.10. The summed E-state index contributed by atoms with van der Waals surface area (Å²) in [6, 6.07) is 13.3. The summed E-state index contributed by atoms with van der Waals surface area (Å²) in [6.45, 7) is 2.47. The zero-order chi connectivity index (χ0) is 13.9. The van der Waals surface area contributed by atoms with Gasteiger partial charge in [0.15, 0.2) is 0 Å². The van der Waals surface area contributed by atoms with E-state index in [9.17, 15) is 4.39 Å². The van der Waals surface area contributed by atoms with Crippen molar-refractivity contribution in [1.82, 2.24) is 0 Å². The van der Waals surface area contributed by atoms with Crippen molar-refractivity contribution >= 4 is 27.3 Å². The number of fused-ring (bicyclic) bond motifs is 1. The van der Waals surface area contributed by atoms with Gasteiger partial charge >= 0.3 is 0 Å². The van der Waals surface area contributed by atoms with E-state index < -0.39 is 0 Å². The van der Waals surface area contributed by atoms with Gasteiger partial charge in [0.1, 0.15) is 5.82 Å². The van der Waals surface area contributed by atoms with E-state index in [4.69, 9.17) is 0 Å². The Morgan fingerprint density at radius 2 is 2.05 bits per heavy atom. The largest absolute Gasteiger partial charge is 0.383 e. The zero-order valence-corrected chi connectivity index (χ0v) is 12.7. The molecule has 0 atom stereocenters. The highest BCUT2D eigenvalue weighted by Gasteiger charge is 2.16. The van der Waals surface area contributed by atoms with Gasteiger partial charge in [0.05, 0.1) is 11.4 Å². The molecule has 3 rings (SSSR count). The SMILES string of the molecule is Fc1ccc(Br)cc1CN1CCCNc2ccccc21. The first-order valence-electron chi connectivity index (χ1n) is 6.76. The maximum absolute atomic E-state index is 13.9. The number of nitrogens with one attached hydrogen (secondary N) is 1. The van der Waals surface area contributed by atoms with E-state index in [1.165, 1.54) is 6.07 Å². The Labute approximate surface area is 126 Å². The normalized spacial score (nSPS) is 14.4. The Morgan fingerprint density at radius 3 is 2.95 bits per heavy atom. The van der Waals surface area contributed by atoms with E-state index in [-0.39, 0.29) is 5.82 Å². The second kappa shape index (κ2) is 5.83. The molecule has 0 aliphatic carbocycles. The minimum atomic E-state index is -0.150. The average molecular weight is 335 g/mol. The number of hydrogen-bond donors (Lipinski definition) is 1. The summed E-state index contributed by atoms with van der Waals surface area (Å²) >= 11 is 3.41. The third-order valence-corrected chi connectivity index (χ3v) is 4.03. The molecule has 20 heavy (non-hydrogen) atoms. The van der Waals surface area contributed by atoms with Crippen LogP contribution in [-0.4, -0.2) is 13.1 Å². The Kier molecular flexibility index (Phi) is 3.92. The van der Waals surface area contributed by atoms with Gasteiger partial charge in [-0.2, -0.15) is 0 Å². The fourth-order valence-electron chi connectivity index (χ4n) is 2.55. The molecule has 1 N–H and O–H groups in total. The van der Waals surface area contributed by atoms with Crippen LogP contribution in [0.3, 0.4) is 0 Å². The predicted molar refractivity (Wildman–Crippen MR) is 84.7 cm³/mol. The van der Waals surface area contributed by atoms with Crippen molar-refractivity contribution in [2.45, 2.75) is 13.0 Å². The molecular formula is C16H16BrFN2. The lowest BCUT2D eigenvalue weighted by atomic mass is 10.1. The van der Waals surface area contributed by atoms with Gasteiger partial charge in [-0.1, -0.05) is 28.1 Å². The second-order valence-electron chi connectivity index (χ2n) is 4.95. The van der Waals surface area contributed by atoms with Crippen molar-refractivity contribution in [1.29, 1.82) is 0 Å². The Bertz CT molecular complexity index is 615. The van der Waals surface area contributed by atoms with Crippen LogP contribution in [0.15, 0.2) is 46.9 Å². The number of halogens is 2. The fraction of sp³-hybridized carbons (Fsp3) is 0.250. The van der Waals surface area contributed by atoms with E-state index in [1.54, 1.807) is 6.07 Å². The Hall–Kier alpha value is -1.55. The number of hydrogen-bond acceptors (Lipinski definition) is 2. The summed E-state index contributed by atoms with van der Waals surface area (Å²) in [5.41, 5.74) is 2.99. The van der Waals surface area contributed by atoms with Crippen molar-refractivity contribution in [3.63, 3.8) is 0 Å². The van der Waals surface area contributed by atoms with Crippen molar-refractivity contribution in [2.75, 3.05) is 23.3 Å². The summed E-state index contributed by atoms with van der Waals surface area (Å²) in [4.78, 5) is 2.24. The van der Waals surface area contributed by atoms with Gasteiger partial charge in [0.2, 0.25) is 0 Å². The van der Waals surface area contributed by atoms with Crippen LogP contribution in [0.4, 0.5) is 15.8 Å². The Morgan fingerprint density at radius 1 is 1.20 bits per heavy atom. The molecule has 0 fully saturated rings. The maximum atomic E-state index is 13.9. The quantitative estimate of drug-likeness (QED) is 0.875. The van der Waals surface area contributed by atoms with E-state index in [0.29, 0.717) is 6.54 Å². The first-order valence-corrected chi connectivity index (χ1v) is 7.55. The molecule has 2 aromatic rings. The molecule has 0 bridgehead atoms. The summed E-state index contributed by atoms with van der Waals surface area (Å²) < 4.78 is 14.9. The molecule has 2 aromatic carbocycles. The summed E-state index contributed by atoms with van der Waals surface area (Å²) in [6.07, 6.45) is 1.05. The fourth-order valence-corrected chi connectivity index (χ4v) is 2.96. The van der Waals surface area contributed by atoms with Crippen molar-refractivity contribution < 1.29 is 4.39 Å². The third-order valence-electron chi connectivity index (χ3n) is 3.53. The topological polar surface area (TPSA) is 15.3 Å². The zero-order valence-electron chi connectivity index (χ0n) is 11.1.